The molecule has 0 saturated carbocycles. The van der Waals surface area contributed by atoms with Gasteiger partial charge in [-0.3, -0.25) is 9.69 Å². The average Bonchev–Trinajstić information content (AvgIpc) is 3.14. The molecular weight excluding hydrogens is 286 g/mol. The molecule has 0 N–H and O–H groups in total. The third-order valence-electron chi connectivity index (χ3n) is 3.96. The Morgan fingerprint density at radius 3 is 1.48 bits per heavy atom. The van der Waals surface area contributed by atoms with E-state index in [9.17, 15) is 4.79 Å². The Hall–Kier alpha value is -0.610. The van der Waals surface area contributed by atoms with Gasteiger partial charge in [0.25, 0.3) is 0 Å². The Labute approximate surface area is 146 Å². The van der Waals surface area contributed by atoms with Gasteiger partial charge in [-0.2, -0.15) is 0 Å². The molecule has 2 aliphatic heterocycles. The van der Waals surface area contributed by atoms with Crippen LogP contribution in [-0.2, 0) is 4.79 Å². The van der Waals surface area contributed by atoms with E-state index in [1.165, 1.54) is 45.4 Å². The second-order valence-electron chi connectivity index (χ2n) is 5.25. The maximum atomic E-state index is 11.2. The Balaban J connectivity index is 0. The predicted octanol–water partition coefficient (Wildman–Crippen LogP) is 3.72. The van der Waals surface area contributed by atoms with Crippen molar-refractivity contribution in [3.8, 4) is 0 Å². The molecule has 0 aliphatic carbocycles. The predicted molar refractivity (Wildman–Crippen MR) is 103 cm³/mol. The number of carbonyl (C=O) groups excluding carboxylic acids is 1. The molecule has 0 spiro atoms. The molecule has 2 aliphatic rings. The lowest BCUT2D eigenvalue weighted by Gasteiger charge is -2.34. The van der Waals surface area contributed by atoms with Crippen molar-refractivity contribution in [1.82, 2.24) is 14.7 Å². The van der Waals surface area contributed by atoms with Crippen LogP contribution in [0.25, 0.3) is 0 Å². The number of likely N-dealkylation sites (tertiary alicyclic amines) is 1. The molecule has 140 valence electrons. The SMILES string of the molecule is CC.CC.CC.CC(=O)N1CCN(CCCN2CCCC2)CC1. The maximum Gasteiger partial charge on any atom is 0.219 e. The second kappa shape index (κ2) is 17.7. The van der Waals surface area contributed by atoms with E-state index < -0.39 is 0 Å². The van der Waals surface area contributed by atoms with Gasteiger partial charge in [0.1, 0.15) is 0 Å². The van der Waals surface area contributed by atoms with Gasteiger partial charge in [0, 0.05) is 33.1 Å². The molecule has 4 heteroatoms. The largest absolute Gasteiger partial charge is 0.340 e. The fraction of sp³-hybridized carbons (Fsp3) is 0.947. The van der Waals surface area contributed by atoms with Crippen LogP contribution >= 0.6 is 0 Å². The molecule has 0 unspecified atom stereocenters. The summed E-state index contributed by atoms with van der Waals surface area (Å²) in [6.45, 7) is 22.7. The van der Waals surface area contributed by atoms with Gasteiger partial charge in [-0.05, 0) is 45.4 Å². The molecule has 4 nitrogen and oxygen atoms in total. The van der Waals surface area contributed by atoms with Crippen LogP contribution in [0.15, 0.2) is 0 Å². The van der Waals surface area contributed by atoms with Crippen molar-refractivity contribution in [2.45, 2.75) is 67.7 Å². The smallest absolute Gasteiger partial charge is 0.219 e. The normalized spacial score (nSPS) is 18.0. The van der Waals surface area contributed by atoms with E-state index in [-0.39, 0.29) is 5.91 Å². The number of carbonyl (C=O) groups is 1. The summed E-state index contributed by atoms with van der Waals surface area (Å²) in [5.74, 6) is 0.224. The number of amides is 1. The molecule has 0 radical (unpaired) electrons. The number of hydrogen-bond acceptors (Lipinski definition) is 3. The van der Waals surface area contributed by atoms with E-state index in [2.05, 4.69) is 9.80 Å². The van der Waals surface area contributed by atoms with E-state index in [0.717, 1.165) is 26.2 Å². The van der Waals surface area contributed by atoms with Gasteiger partial charge in [-0.25, -0.2) is 0 Å². The summed E-state index contributed by atoms with van der Waals surface area (Å²) in [6.07, 6.45) is 4.05. The van der Waals surface area contributed by atoms with Crippen molar-refractivity contribution in [2.24, 2.45) is 0 Å². The molecule has 2 rings (SSSR count). The molecule has 1 amide bonds. The molecule has 0 bridgehead atoms. The number of nitrogens with zero attached hydrogens (tertiary/aromatic N) is 3. The first-order valence-electron chi connectivity index (χ1n) is 9.96. The topological polar surface area (TPSA) is 26.8 Å². The first kappa shape index (κ1) is 24.6. The van der Waals surface area contributed by atoms with E-state index in [4.69, 9.17) is 0 Å². The zero-order valence-electron chi connectivity index (χ0n) is 17.0. The fourth-order valence-electron chi connectivity index (χ4n) is 2.81. The van der Waals surface area contributed by atoms with Crippen molar-refractivity contribution in [3.63, 3.8) is 0 Å². The Morgan fingerprint density at radius 1 is 0.696 bits per heavy atom. The minimum atomic E-state index is 0.224. The van der Waals surface area contributed by atoms with E-state index in [1.807, 2.05) is 46.4 Å². The van der Waals surface area contributed by atoms with E-state index >= 15 is 0 Å². The summed E-state index contributed by atoms with van der Waals surface area (Å²) in [4.78, 5) is 18.2. The van der Waals surface area contributed by atoms with Crippen LogP contribution in [0.1, 0.15) is 67.7 Å². The Morgan fingerprint density at radius 2 is 1.09 bits per heavy atom. The summed E-state index contributed by atoms with van der Waals surface area (Å²) in [5, 5.41) is 0. The van der Waals surface area contributed by atoms with Crippen molar-refractivity contribution in [3.05, 3.63) is 0 Å². The van der Waals surface area contributed by atoms with Crippen molar-refractivity contribution >= 4 is 5.91 Å². The van der Waals surface area contributed by atoms with Gasteiger partial charge in [0.05, 0.1) is 0 Å². The zero-order valence-corrected chi connectivity index (χ0v) is 17.0. The fourth-order valence-corrected chi connectivity index (χ4v) is 2.81. The summed E-state index contributed by atoms with van der Waals surface area (Å²) in [6, 6.07) is 0. The Kier molecular flexibility index (Phi) is 19.0. The quantitative estimate of drug-likeness (QED) is 0.786. The van der Waals surface area contributed by atoms with Gasteiger partial charge in [0.15, 0.2) is 0 Å². The van der Waals surface area contributed by atoms with Gasteiger partial charge in [-0.15, -0.1) is 0 Å². The summed E-state index contributed by atoms with van der Waals surface area (Å²) in [7, 11) is 0. The number of hydrogen-bond donors (Lipinski definition) is 0. The van der Waals surface area contributed by atoms with Crippen LogP contribution in [0.2, 0.25) is 0 Å². The highest BCUT2D eigenvalue weighted by Gasteiger charge is 2.18. The maximum absolute atomic E-state index is 11.2. The van der Waals surface area contributed by atoms with Crippen LogP contribution in [0.3, 0.4) is 0 Å². The first-order chi connectivity index (χ1) is 11.3. The monoisotopic (exact) mass is 329 g/mol. The van der Waals surface area contributed by atoms with Gasteiger partial charge >= 0.3 is 0 Å². The first-order valence-corrected chi connectivity index (χ1v) is 9.96. The van der Waals surface area contributed by atoms with Crippen LogP contribution in [0, 0.1) is 0 Å². The highest BCUT2D eigenvalue weighted by Crippen LogP contribution is 2.08. The van der Waals surface area contributed by atoms with Crippen LogP contribution in [0.5, 0.6) is 0 Å². The van der Waals surface area contributed by atoms with Crippen LogP contribution < -0.4 is 0 Å². The third kappa shape index (κ3) is 11.5. The summed E-state index contributed by atoms with van der Waals surface area (Å²) < 4.78 is 0. The van der Waals surface area contributed by atoms with Gasteiger partial charge < -0.3 is 9.80 Å². The van der Waals surface area contributed by atoms with E-state index in [0.29, 0.717) is 0 Å². The lowest BCUT2D eigenvalue weighted by Crippen LogP contribution is -2.48. The molecule has 2 fully saturated rings. The number of rotatable bonds is 4. The molecule has 23 heavy (non-hydrogen) atoms. The molecule has 0 aromatic rings. The lowest BCUT2D eigenvalue weighted by atomic mass is 10.3. The Bertz CT molecular complexity index is 245. The van der Waals surface area contributed by atoms with E-state index in [1.54, 1.807) is 6.92 Å². The molecule has 2 saturated heterocycles. The zero-order chi connectivity index (χ0) is 18.1. The third-order valence-corrected chi connectivity index (χ3v) is 3.96. The summed E-state index contributed by atoms with van der Waals surface area (Å²) >= 11 is 0. The molecule has 0 atom stereocenters. The van der Waals surface area contributed by atoms with Crippen molar-refractivity contribution < 1.29 is 4.79 Å². The standard InChI is InChI=1S/C13H25N3O.3C2H6/c1-13(17)16-11-9-15(10-12-16)8-4-7-14-5-2-3-6-14;3*1-2/h2-12H2,1H3;3*1-2H3. The van der Waals surface area contributed by atoms with Crippen molar-refractivity contribution in [2.75, 3.05) is 52.4 Å². The van der Waals surface area contributed by atoms with Crippen LogP contribution in [0.4, 0.5) is 0 Å². The molecule has 0 aromatic heterocycles. The second-order valence-corrected chi connectivity index (χ2v) is 5.25. The molecular formula is C19H43N3O. The van der Waals surface area contributed by atoms with Crippen LogP contribution in [-0.4, -0.2) is 73.0 Å². The minimum Gasteiger partial charge on any atom is -0.340 e. The highest BCUT2D eigenvalue weighted by molar-refractivity contribution is 5.73. The van der Waals surface area contributed by atoms with Gasteiger partial charge in [-0.1, -0.05) is 41.5 Å². The number of piperazine rings is 1. The molecule has 2 heterocycles. The van der Waals surface area contributed by atoms with Gasteiger partial charge in [0.2, 0.25) is 5.91 Å². The highest BCUT2D eigenvalue weighted by atomic mass is 16.2. The minimum absolute atomic E-state index is 0.224. The molecule has 0 aromatic carbocycles. The van der Waals surface area contributed by atoms with Crippen molar-refractivity contribution in [1.29, 1.82) is 0 Å². The summed E-state index contributed by atoms with van der Waals surface area (Å²) in [5.41, 5.74) is 0. The average molecular weight is 330 g/mol. The lowest BCUT2D eigenvalue weighted by molar-refractivity contribution is -0.130.